The summed E-state index contributed by atoms with van der Waals surface area (Å²) in [6.45, 7) is 1.23. The van der Waals surface area contributed by atoms with Gasteiger partial charge in [-0.05, 0) is 43.2 Å². The fourth-order valence-corrected chi connectivity index (χ4v) is 4.88. The van der Waals surface area contributed by atoms with E-state index in [1.807, 2.05) is 18.7 Å². The van der Waals surface area contributed by atoms with Gasteiger partial charge in [0.2, 0.25) is 10.0 Å². The maximum absolute atomic E-state index is 12.1. The molecule has 1 aromatic rings. The number of thiophene rings is 1. The monoisotopic (exact) mass is 306 g/mol. The first-order valence-corrected chi connectivity index (χ1v) is 9.37. The van der Waals surface area contributed by atoms with E-state index in [0.717, 1.165) is 18.4 Å². The molecule has 7 heteroatoms. The van der Waals surface area contributed by atoms with Gasteiger partial charge in [-0.25, -0.2) is 13.1 Å². The third kappa shape index (κ3) is 3.27. The Morgan fingerprint density at radius 3 is 2.78 bits per heavy atom. The first-order chi connectivity index (χ1) is 8.51. The molecule has 0 aromatic carbocycles. The van der Waals surface area contributed by atoms with Crippen molar-refractivity contribution in [3.8, 4) is 0 Å². The normalized spacial score (nSPS) is 17.9. The predicted molar refractivity (Wildman–Crippen MR) is 77.8 cm³/mol. The van der Waals surface area contributed by atoms with Crippen LogP contribution in [0.3, 0.4) is 0 Å². The first kappa shape index (κ1) is 14.3. The molecule has 18 heavy (non-hydrogen) atoms. The van der Waals surface area contributed by atoms with Crippen molar-refractivity contribution in [1.29, 1.82) is 0 Å². The van der Waals surface area contributed by atoms with Gasteiger partial charge < -0.3 is 5.32 Å². The summed E-state index contributed by atoms with van der Waals surface area (Å²) in [6, 6.07) is 1.74. The fourth-order valence-electron chi connectivity index (χ4n) is 1.68. The molecule has 1 fully saturated rings. The Morgan fingerprint density at radius 2 is 2.22 bits per heavy atom. The van der Waals surface area contributed by atoms with E-state index in [0.29, 0.717) is 17.3 Å². The second-order valence-corrected chi connectivity index (χ2v) is 8.70. The van der Waals surface area contributed by atoms with E-state index in [-0.39, 0.29) is 4.75 Å². The van der Waals surface area contributed by atoms with Crippen LogP contribution in [0.25, 0.3) is 0 Å². The Bertz CT molecular complexity index is 506. The zero-order valence-electron chi connectivity index (χ0n) is 10.5. The van der Waals surface area contributed by atoms with Crippen molar-refractivity contribution in [2.45, 2.75) is 28.3 Å². The van der Waals surface area contributed by atoms with E-state index < -0.39 is 10.0 Å². The number of hydrogen-bond acceptors (Lipinski definition) is 5. The van der Waals surface area contributed by atoms with E-state index >= 15 is 0 Å². The van der Waals surface area contributed by atoms with Gasteiger partial charge in [0, 0.05) is 17.8 Å². The highest BCUT2D eigenvalue weighted by Gasteiger charge is 2.42. The largest absolute Gasteiger partial charge is 0.316 e. The van der Waals surface area contributed by atoms with Gasteiger partial charge in [-0.1, -0.05) is 0 Å². The number of rotatable bonds is 7. The lowest BCUT2D eigenvalue weighted by molar-refractivity contribution is 0.582. The quantitative estimate of drug-likeness (QED) is 0.804. The van der Waals surface area contributed by atoms with Crippen LogP contribution in [-0.2, 0) is 16.6 Å². The van der Waals surface area contributed by atoms with Gasteiger partial charge >= 0.3 is 0 Å². The molecule has 2 rings (SSSR count). The fraction of sp³-hybridized carbons (Fsp3) is 0.636. The third-order valence-corrected chi connectivity index (χ3v) is 7.41. The van der Waals surface area contributed by atoms with Crippen LogP contribution in [0.2, 0.25) is 0 Å². The number of hydrogen-bond donors (Lipinski definition) is 2. The lowest BCUT2D eigenvalue weighted by atomic mass is 10.3. The molecule has 1 aliphatic rings. The van der Waals surface area contributed by atoms with Crippen LogP contribution in [-0.4, -0.2) is 33.0 Å². The van der Waals surface area contributed by atoms with Crippen LogP contribution in [0.4, 0.5) is 0 Å². The van der Waals surface area contributed by atoms with E-state index in [9.17, 15) is 8.42 Å². The van der Waals surface area contributed by atoms with Gasteiger partial charge in [-0.2, -0.15) is 11.8 Å². The van der Waals surface area contributed by atoms with Crippen molar-refractivity contribution in [2.75, 3.05) is 19.8 Å². The maximum atomic E-state index is 12.1. The molecule has 1 aromatic heterocycles. The highest BCUT2D eigenvalue weighted by Crippen LogP contribution is 2.46. The molecule has 0 bridgehead atoms. The van der Waals surface area contributed by atoms with Crippen LogP contribution in [0, 0.1) is 0 Å². The minimum absolute atomic E-state index is 0.151. The SMILES string of the molecule is CNCc1csc(S(=O)(=O)NCC2(SC)CC2)c1. The maximum Gasteiger partial charge on any atom is 0.250 e. The van der Waals surface area contributed by atoms with Crippen LogP contribution in [0.15, 0.2) is 15.7 Å². The summed E-state index contributed by atoms with van der Waals surface area (Å²) in [5, 5.41) is 4.89. The molecular weight excluding hydrogens is 288 g/mol. The lowest BCUT2D eigenvalue weighted by Gasteiger charge is -2.12. The van der Waals surface area contributed by atoms with Crippen molar-refractivity contribution in [3.63, 3.8) is 0 Å². The van der Waals surface area contributed by atoms with Crippen molar-refractivity contribution in [3.05, 3.63) is 17.0 Å². The predicted octanol–water partition coefficient (Wildman–Crippen LogP) is 1.64. The summed E-state index contributed by atoms with van der Waals surface area (Å²) in [6.07, 6.45) is 4.25. The van der Waals surface area contributed by atoms with E-state index in [1.165, 1.54) is 11.3 Å². The minimum Gasteiger partial charge on any atom is -0.316 e. The number of sulfonamides is 1. The molecule has 1 aliphatic carbocycles. The smallest absolute Gasteiger partial charge is 0.250 e. The van der Waals surface area contributed by atoms with Gasteiger partial charge in [-0.3, -0.25) is 0 Å². The topological polar surface area (TPSA) is 58.2 Å². The molecule has 0 unspecified atom stereocenters. The molecule has 0 atom stereocenters. The van der Waals surface area contributed by atoms with Crippen molar-refractivity contribution >= 4 is 33.1 Å². The second kappa shape index (κ2) is 5.50. The number of nitrogens with one attached hydrogen (secondary N) is 2. The molecular formula is C11H18N2O2S3. The van der Waals surface area contributed by atoms with Gasteiger partial charge in [-0.15, -0.1) is 11.3 Å². The van der Waals surface area contributed by atoms with Gasteiger partial charge in [0.15, 0.2) is 0 Å². The van der Waals surface area contributed by atoms with E-state index in [2.05, 4.69) is 10.0 Å². The average Bonchev–Trinajstić information content (AvgIpc) is 2.98. The van der Waals surface area contributed by atoms with Crippen LogP contribution >= 0.6 is 23.1 Å². The Labute approximate surface area is 117 Å². The molecule has 0 amide bonds. The summed E-state index contributed by atoms with van der Waals surface area (Å²) < 4.78 is 27.5. The van der Waals surface area contributed by atoms with Crippen molar-refractivity contribution in [1.82, 2.24) is 10.0 Å². The Morgan fingerprint density at radius 1 is 1.50 bits per heavy atom. The molecule has 0 spiro atoms. The standard InChI is InChI=1S/C11H18N2O2S3/c1-12-6-9-5-10(17-7-9)18(14,15)13-8-11(16-2)3-4-11/h5,7,12-13H,3-4,6,8H2,1-2H3. The molecule has 0 saturated heterocycles. The molecule has 1 saturated carbocycles. The van der Waals surface area contributed by atoms with Crippen molar-refractivity contribution < 1.29 is 8.42 Å². The Kier molecular flexibility index (Phi) is 4.38. The lowest BCUT2D eigenvalue weighted by Crippen LogP contribution is -2.31. The summed E-state index contributed by atoms with van der Waals surface area (Å²) in [5.41, 5.74) is 1.01. The highest BCUT2D eigenvalue weighted by atomic mass is 32.2. The molecule has 0 radical (unpaired) electrons. The van der Waals surface area contributed by atoms with Crippen LogP contribution in [0.1, 0.15) is 18.4 Å². The first-order valence-electron chi connectivity index (χ1n) is 5.78. The van der Waals surface area contributed by atoms with Gasteiger partial charge in [0.1, 0.15) is 4.21 Å². The molecule has 102 valence electrons. The van der Waals surface area contributed by atoms with Gasteiger partial charge in [0.25, 0.3) is 0 Å². The molecule has 4 nitrogen and oxygen atoms in total. The summed E-state index contributed by atoms with van der Waals surface area (Å²) in [5.74, 6) is 0. The second-order valence-electron chi connectivity index (χ2n) is 4.52. The summed E-state index contributed by atoms with van der Waals surface area (Å²) >= 11 is 3.03. The summed E-state index contributed by atoms with van der Waals surface area (Å²) in [7, 11) is -1.49. The minimum atomic E-state index is -3.33. The Hall–Kier alpha value is -0.0800. The Balaban J connectivity index is 2.01. The zero-order chi connectivity index (χ0) is 13.2. The van der Waals surface area contributed by atoms with Gasteiger partial charge in [0.05, 0.1) is 0 Å². The molecule has 1 heterocycles. The van der Waals surface area contributed by atoms with E-state index in [4.69, 9.17) is 0 Å². The van der Waals surface area contributed by atoms with Crippen LogP contribution < -0.4 is 10.0 Å². The molecule has 0 aliphatic heterocycles. The average molecular weight is 306 g/mol. The molecule has 2 N–H and O–H groups in total. The number of thioether (sulfide) groups is 1. The van der Waals surface area contributed by atoms with E-state index in [1.54, 1.807) is 17.8 Å². The zero-order valence-corrected chi connectivity index (χ0v) is 13.0. The highest BCUT2D eigenvalue weighted by molar-refractivity contribution is 8.00. The van der Waals surface area contributed by atoms with Crippen molar-refractivity contribution in [2.24, 2.45) is 0 Å². The van der Waals surface area contributed by atoms with Crippen LogP contribution in [0.5, 0.6) is 0 Å². The summed E-state index contributed by atoms with van der Waals surface area (Å²) in [4.78, 5) is 0. The third-order valence-electron chi connectivity index (χ3n) is 3.10.